The maximum atomic E-state index is 12.1. The van der Waals surface area contributed by atoms with Crippen LogP contribution in [-0.4, -0.2) is 27.5 Å². The van der Waals surface area contributed by atoms with Gasteiger partial charge in [0.25, 0.3) is 5.91 Å². The fourth-order valence-electron chi connectivity index (χ4n) is 2.23. The van der Waals surface area contributed by atoms with E-state index in [1.165, 1.54) is 24.3 Å². The van der Waals surface area contributed by atoms with Crippen LogP contribution in [0.4, 0.5) is 5.69 Å². The van der Waals surface area contributed by atoms with Gasteiger partial charge in [-0.25, -0.2) is 13.1 Å². The van der Waals surface area contributed by atoms with Crippen LogP contribution in [0.25, 0.3) is 0 Å². The van der Waals surface area contributed by atoms with Crippen LogP contribution in [0, 0.1) is 6.92 Å². The molecule has 0 saturated heterocycles. The number of carbonyl (C=O) groups excluding carboxylic acids is 1. The first kappa shape index (κ1) is 19.9. The second kappa shape index (κ2) is 9.35. The number of hydrogen-bond donors (Lipinski definition) is 2. The molecule has 0 aliphatic rings. The topological polar surface area (TPSA) is 84.5 Å². The Balaban J connectivity index is 1.89. The Hall–Kier alpha value is -2.38. The Morgan fingerprint density at radius 1 is 1.08 bits per heavy atom. The Kier molecular flexibility index (Phi) is 7.17. The van der Waals surface area contributed by atoms with Gasteiger partial charge >= 0.3 is 0 Å². The van der Waals surface area contributed by atoms with Gasteiger partial charge in [0.2, 0.25) is 10.0 Å². The molecule has 0 heterocycles. The van der Waals surface area contributed by atoms with Gasteiger partial charge in [-0.2, -0.15) is 0 Å². The summed E-state index contributed by atoms with van der Waals surface area (Å²) in [5.74, 6) is 0.148. The number of ether oxygens (including phenoxy) is 1. The first-order chi connectivity index (χ1) is 12.4. The summed E-state index contributed by atoms with van der Waals surface area (Å²) in [5.41, 5.74) is 1.70. The summed E-state index contributed by atoms with van der Waals surface area (Å²) in [6, 6.07) is 13.5. The van der Waals surface area contributed by atoms with E-state index in [1.54, 1.807) is 0 Å². The van der Waals surface area contributed by atoms with Crippen molar-refractivity contribution in [3.8, 4) is 5.75 Å². The highest BCUT2D eigenvalue weighted by Crippen LogP contribution is 2.17. The zero-order chi connectivity index (χ0) is 19.0. The zero-order valence-electron chi connectivity index (χ0n) is 15.0. The predicted molar refractivity (Wildman–Crippen MR) is 102 cm³/mol. The molecule has 26 heavy (non-hydrogen) atoms. The number of unbranched alkanes of at least 4 members (excludes halogenated alkanes) is 1. The number of benzene rings is 2. The number of sulfonamides is 1. The summed E-state index contributed by atoms with van der Waals surface area (Å²) in [6.07, 6.45) is 1.70. The number of amides is 1. The van der Waals surface area contributed by atoms with Crippen molar-refractivity contribution in [2.24, 2.45) is 0 Å². The molecule has 0 aromatic heterocycles. The normalized spacial score (nSPS) is 11.2. The Morgan fingerprint density at radius 2 is 1.77 bits per heavy atom. The molecule has 2 aromatic rings. The molecule has 0 unspecified atom stereocenters. The van der Waals surface area contributed by atoms with Gasteiger partial charge in [-0.15, -0.1) is 0 Å². The fraction of sp³-hybridized carbons (Fsp3) is 0.316. The third-order valence-electron chi connectivity index (χ3n) is 3.75. The maximum Gasteiger partial charge on any atom is 0.262 e. The second-order valence-corrected chi connectivity index (χ2v) is 7.64. The van der Waals surface area contributed by atoms with Crippen LogP contribution < -0.4 is 14.8 Å². The summed E-state index contributed by atoms with van der Waals surface area (Å²) < 4.78 is 32.2. The smallest absolute Gasteiger partial charge is 0.262 e. The summed E-state index contributed by atoms with van der Waals surface area (Å²) in [5, 5.41) is 2.77. The van der Waals surface area contributed by atoms with Crippen LogP contribution in [0.2, 0.25) is 0 Å². The van der Waals surface area contributed by atoms with Gasteiger partial charge < -0.3 is 10.1 Å². The number of carbonyl (C=O) groups is 1. The lowest BCUT2D eigenvalue weighted by Crippen LogP contribution is -2.24. The summed E-state index contributed by atoms with van der Waals surface area (Å²) in [6.45, 7) is 4.16. The van der Waals surface area contributed by atoms with Crippen molar-refractivity contribution in [2.75, 3.05) is 18.5 Å². The number of anilines is 1. The monoisotopic (exact) mass is 376 g/mol. The third kappa shape index (κ3) is 5.86. The average molecular weight is 376 g/mol. The van der Waals surface area contributed by atoms with E-state index in [9.17, 15) is 13.2 Å². The molecular weight excluding hydrogens is 352 g/mol. The number of rotatable bonds is 9. The Morgan fingerprint density at radius 3 is 2.42 bits per heavy atom. The Labute approximate surface area is 154 Å². The molecule has 2 aromatic carbocycles. The molecule has 0 aliphatic carbocycles. The van der Waals surface area contributed by atoms with Crippen LogP contribution in [0.15, 0.2) is 53.4 Å². The zero-order valence-corrected chi connectivity index (χ0v) is 15.8. The van der Waals surface area contributed by atoms with E-state index in [-0.39, 0.29) is 17.4 Å². The van der Waals surface area contributed by atoms with E-state index in [0.29, 0.717) is 12.3 Å². The van der Waals surface area contributed by atoms with Crippen LogP contribution >= 0.6 is 0 Å². The van der Waals surface area contributed by atoms with Gasteiger partial charge in [0, 0.05) is 12.2 Å². The minimum Gasteiger partial charge on any atom is -0.484 e. The van der Waals surface area contributed by atoms with E-state index >= 15 is 0 Å². The highest BCUT2D eigenvalue weighted by molar-refractivity contribution is 7.89. The number of nitrogens with one attached hydrogen (secondary N) is 2. The molecule has 1 amide bonds. The van der Waals surface area contributed by atoms with Gasteiger partial charge in [-0.1, -0.05) is 31.5 Å². The number of aryl methyl sites for hydroxylation is 1. The molecule has 0 atom stereocenters. The SMILES string of the molecule is CCCCNS(=O)(=O)c1ccc(OCC(=O)Nc2ccccc2C)cc1. The highest BCUT2D eigenvalue weighted by Gasteiger charge is 2.13. The van der Waals surface area contributed by atoms with Crippen molar-refractivity contribution in [3.63, 3.8) is 0 Å². The maximum absolute atomic E-state index is 12.1. The Bertz CT molecular complexity index is 833. The molecule has 2 rings (SSSR count). The van der Waals surface area contributed by atoms with E-state index < -0.39 is 10.0 Å². The lowest BCUT2D eigenvalue weighted by atomic mass is 10.2. The first-order valence-corrected chi connectivity index (χ1v) is 9.98. The van der Waals surface area contributed by atoms with E-state index in [4.69, 9.17) is 4.74 Å². The summed E-state index contributed by atoms with van der Waals surface area (Å²) >= 11 is 0. The summed E-state index contributed by atoms with van der Waals surface area (Å²) in [7, 11) is -3.51. The molecule has 0 saturated carbocycles. The van der Waals surface area contributed by atoms with Crippen molar-refractivity contribution in [1.82, 2.24) is 4.72 Å². The average Bonchev–Trinajstić information content (AvgIpc) is 2.62. The van der Waals surface area contributed by atoms with Crippen molar-refractivity contribution < 1.29 is 17.9 Å². The first-order valence-electron chi connectivity index (χ1n) is 8.50. The van der Waals surface area contributed by atoms with Crippen molar-refractivity contribution in [3.05, 3.63) is 54.1 Å². The van der Waals surface area contributed by atoms with Gasteiger partial charge in [0.15, 0.2) is 6.61 Å². The second-order valence-electron chi connectivity index (χ2n) is 5.87. The van der Waals surface area contributed by atoms with Gasteiger partial charge in [0.05, 0.1) is 4.90 Å². The molecule has 6 nitrogen and oxygen atoms in total. The molecule has 0 fully saturated rings. The van der Waals surface area contributed by atoms with Crippen molar-refractivity contribution >= 4 is 21.6 Å². The molecule has 0 bridgehead atoms. The number of hydrogen-bond acceptors (Lipinski definition) is 4. The molecule has 7 heteroatoms. The highest BCUT2D eigenvalue weighted by atomic mass is 32.2. The van der Waals surface area contributed by atoms with Crippen molar-refractivity contribution in [1.29, 1.82) is 0 Å². The molecule has 2 N–H and O–H groups in total. The predicted octanol–water partition coefficient (Wildman–Crippen LogP) is 3.09. The van der Waals surface area contributed by atoms with Crippen LogP contribution in [0.3, 0.4) is 0 Å². The molecule has 0 aliphatic heterocycles. The third-order valence-corrected chi connectivity index (χ3v) is 5.22. The van der Waals surface area contributed by atoms with E-state index in [0.717, 1.165) is 24.1 Å². The lowest BCUT2D eigenvalue weighted by Gasteiger charge is -2.10. The van der Waals surface area contributed by atoms with Gasteiger partial charge in [-0.3, -0.25) is 4.79 Å². The van der Waals surface area contributed by atoms with Gasteiger partial charge in [-0.05, 0) is 49.2 Å². The minimum atomic E-state index is -3.51. The standard InChI is InChI=1S/C19H24N2O4S/c1-3-4-13-20-26(23,24)17-11-9-16(10-12-17)25-14-19(22)21-18-8-6-5-7-15(18)2/h5-12,20H,3-4,13-14H2,1-2H3,(H,21,22). The van der Waals surface area contributed by atoms with Crippen LogP contribution in [0.1, 0.15) is 25.3 Å². The van der Waals surface area contributed by atoms with Gasteiger partial charge in [0.1, 0.15) is 5.75 Å². The lowest BCUT2D eigenvalue weighted by molar-refractivity contribution is -0.118. The summed E-state index contributed by atoms with van der Waals surface area (Å²) in [4.78, 5) is 12.1. The quantitative estimate of drug-likeness (QED) is 0.659. The number of para-hydroxylation sites is 1. The molecule has 0 radical (unpaired) electrons. The van der Waals surface area contributed by atoms with Crippen LogP contribution in [-0.2, 0) is 14.8 Å². The largest absolute Gasteiger partial charge is 0.484 e. The van der Waals surface area contributed by atoms with Crippen molar-refractivity contribution in [2.45, 2.75) is 31.6 Å². The fourth-order valence-corrected chi connectivity index (χ4v) is 3.30. The van der Waals surface area contributed by atoms with Crippen LogP contribution in [0.5, 0.6) is 5.75 Å². The van der Waals surface area contributed by atoms with E-state index in [2.05, 4.69) is 10.0 Å². The minimum absolute atomic E-state index is 0.158. The molecule has 0 spiro atoms. The molecular formula is C19H24N2O4S. The van der Waals surface area contributed by atoms with E-state index in [1.807, 2.05) is 38.1 Å². The molecule has 140 valence electrons.